The Morgan fingerprint density at radius 2 is 1.88 bits per heavy atom. The van der Waals surface area contributed by atoms with Gasteiger partial charge in [0.1, 0.15) is 5.58 Å². The van der Waals surface area contributed by atoms with Gasteiger partial charge in [0, 0.05) is 23.2 Å². The van der Waals surface area contributed by atoms with Crippen LogP contribution in [0.3, 0.4) is 0 Å². The molecule has 2 N–H and O–H groups in total. The van der Waals surface area contributed by atoms with Crippen LogP contribution in [-0.2, 0) is 9.59 Å². The van der Waals surface area contributed by atoms with Crippen LogP contribution in [0.25, 0.3) is 11.0 Å². The number of hydrogen-bond donors (Lipinski definition) is 2. The molecule has 1 fully saturated rings. The van der Waals surface area contributed by atoms with Crippen LogP contribution in [0.15, 0.2) is 45.6 Å². The number of carbonyl (C=O) groups is 2. The summed E-state index contributed by atoms with van der Waals surface area (Å²) in [6, 6.07) is 6.52. The van der Waals surface area contributed by atoms with Crippen LogP contribution in [-0.4, -0.2) is 17.0 Å². The van der Waals surface area contributed by atoms with E-state index in [4.69, 9.17) is 4.42 Å². The lowest BCUT2D eigenvalue weighted by Crippen LogP contribution is -2.36. The first-order valence-corrected chi connectivity index (χ1v) is 8.20. The summed E-state index contributed by atoms with van der Waals surface area (Å²) in [4.78, 5) is 35.8. The van der Waals surface area contributed by atoms with Crippen LogP contribution in [0.5, 0.6) is 0 Å². The lowest BCUT2D eigenvalue weighted by atomic mass is 9.82. The topological polar surface area (TPSA) is 96.6 Å². The Morgan fingerprint density at radius 1 is 1.16 bits per heavy atom. The molecular weight excluding hydrogens is 322 g/mol. The fraction of sp³-hybridized carbons (Fsp3) is 0.316. The minimum atomic E-state index is -0.933. The van der Waals surface area contributed by atoms with Crippen LogP contribution in [0.4, 0.5) is 5.69 Å². The lowest BCUT2D eigenvalue weighted by molar-refractivity contribution is -0.146. The van der Waals surface area contributed by atoms with Crippen LogP contribution in [0.2, 0.25) is 0 Å². The molecule has 25 heavy (non-hydrogen) atoms. The molecule has 1 aromatic heterocycles. The summed E-state index contributed by atoms with van der Waals surface area (Å²) in [6.45, 7) is 1.82. The first-order chi connectivity index (χ1) is 11.9. The van der Waals surface area contributed by atoms with Crippen LogP contribution >= 0.6 is 0 Å². The smallest absolute Gasteiger partial charge is 0.336 e. The molecular formula is C19H17NO5. The van der Waals surface area contributed by atoms with Gasteiger partial charge in [-0.25, -0.2) is 4.79 Å². The average molecular weight is 339 g/mol. The van der Waals surface area contributed by atoms with Gasteiger partial charge in [0.05, 0.1) is 11.8 Å². The van der Waals surface area contributed by atoms with Gasteiger partial charge in [0.2, 0.25) is 5.91 Å². The van der Waals surface area contributed by atoms with E-state index in [-0.39, 0.29) is 17.7 Å². The number of carboxylic acid groups (broad SMARTS) is 1. The van der Waals surface area contributed by atoms with Gasteiger partial charge in [-0.2, -0.15) is 0 Å². The molecule has 0 aliphatic heterocycles. The summed E-state index contributed by atoms with van der Waals surface area (Å²) in [7, 11) is 0. The predicted molar refractivity (Wildman–Crippen MR) is 91.2 cm³/mol. The van der Waals surface area contributed by atoms with E-state index >= 15 is 0 Å². The zero-order valence-corrected chi connectivity index (χ0v) is 13.6. The number of anilines is 1. The van der Waals surface area contributed by atoms with Crippen molar-refractivity contribution in [2.45, 2.75) is 13.3 Å². The Labute approximate surface area is 143 Å². The van der Waals surface area contributed by atoms with Crippen LogP contribution in [0, 0.1) is 30.6 Å². The Kier molecular flexibility index (Phi) is 3.49. The molecule has 0 spiro atoms. The fourth-order valence-electron chi connectivity index (χ4n) is 4.14. The van der Waals surface area contributed by atoms with Gasteiger partial charge < -0.3 is 14.8 Å². The van der Waals surface area contributed by atoms with Gasteiger partial charge in [0.25, 0.3) is 0 Å². The van der Waals surface area contributed by atoms with E-state index in [0.29, 0.717) is 17.7 Å². The molecule has 2 aliphatic rings. The number of rotatable bonds is 3. The summed E-state index contributed by atoms with van der Waals surface area (Å²) >= 11 is 0. The number of hydrogen-bond acceptors (Lipinski definition) is 4. The molecule has 6 heteroatoms. The van der Waals surface area contributed by atoms with Gasteiger partial charge in [0.15, 0.2) is 0 Å². The highest BCUT2D eigenvalue weighted by Gasteiger charge is 2.51. The Morgan fingerprint density at radius 3 is 2.60 bits per heavy atom. The number of allylic oxidation sites excluding steroid dienone is 2. The molecule has 1 heterocycles. The highest BCUT2D eigenvalue weighted by Crippen LogP contribution is 2.48. The van der Waals surface area contributed by atoms with E-state index in [1.165, 1.54) is 6.07 Å². The highest BCUT2D eigenvalue weighted by atomic mass is 16.4. The van der Waals surface area contributed by atoms with Crippen molar-refractivity contribution < 1.29 is 19.1 Å². The van der Waals surface area contributed by atoms with Crippen molar-refractivity contribution in [3.05, 3.63) is 52.4 Å². The molecule has 4 unspecified atom stereocenters. The number of amides is 1. The van der Waals surface area contributed by atoms with Gasteiger partial charge >= 0.3 is 11.6 Å². The van der Waals surface area contributed by atoms with Crippen molar-refractivity contribution in [1.82, 2.24) is 0 Å². The van der Waals surface area contributed by atoms with Crippen molar-refractivity contribution in [2.24, 2.45) is 23.7 Å². The number of fused-ring (bicyclic) bond motifs is 3. The summed E-state index contributed by atoms with van der Waals surface area (Å²) in [5.74, 6) is -2.61. The van der Waals surface area contributed by atoms with E-state index in [9.17, 15) is 19.5 Å². The Bertz CT molecular complexity index is 973. The van der Waals surface area contributed by atoms with Crippen molar-refractivity contribution in [2.75, 3.05) is 5.32 Å². The second kappa shape index (κ2) is 5.58. The third-order valence-corrected chi connectivity index (χ3v) is 5.27. The maximum absolute atomic E-state index is 12.7. The number of carbonyl (C=O) groups excluding carboxylic acids is 1. The number of nitrogens with one attached hydrogen (secondary N) is 1. The molecule has 6 nitrogen and oxygen atoms in total. The fourth-order valence-corrected chi connectivity index (χ4v) is 4.14. The minimum Gasteiger partial charge on any atom is -0.481 e. The Balaban J connectivity index is 1.63. The summed E-state index contributed by atoms with van der Waals surface area (Å²) in [6.07, 6.45) is 4.55. The second-order valence-electron chi connectivity index (χ2n) is 6.79. The van der Waals surface area contributed by atoms with Crippen molar-refractivity contribution in [1.29, 1.82) is 0 Å². The van der Waals surface area contributed by atoms with E-state index in [0.717, 1.165) is 10.9 Å². The molecule has 0 saturated heterocycles. The summed E-state index contributed by atoms with van der Waals surface area (Å²) < 4.78 is 5.19. The van der Waals surface area contributed by atoms with E-state index in [1.54, 1.807) is 18.2 Å². The summed E-state index contributed by atoms with van der Waals surface area (Å²) in [5.41, 5.74) is 1.23. The molecule has 4 rings (SSSR count). The third-order valence-electron chi connectivity index (χ3n) is 5.27. The molecule has 2 bridgehead atoms. The summed E-state index contributed by atoms with van der Waals surface area (Å²) in [5, 5.41) is 13.0. The van der Waals surface area contributed by atoms with Gasteiger partial charge in [-0.15, -0.1) is 0 Å². The van der Waals surface area contributed by atoms with E-state index < -0.39 is 23.4 Å². The monoisotopic (exact) mass is 339 g/mol. The molecule has 1 amide bonds. The van der Waals surface area contributed by atoms with Crippen LogP contribution in [0.1, 0.15) is 12.0 Å². The molecule has 0 radical (unpaired) electrons. The largest absolute Gasteiger partial charge is 0.481 e. The zero-order chi connectivity index (χ0) is 17.7. The van der Waals surface area contributed by atoms with Crippen LogP contribution < -0.4 is 10.9 Å². The van der Waals surface area contributed by atoms with E-state index in [1.807, 2.05) is 19.1 Å². The second-order valence-corrected chi connectivity index (χ2v) is 6.79. The first-order valence-electron chi connectivity index (χ1n) is 8.20. The number of aliphatic carboxylic acids is 1. The van der Waals surface area contributed by atoms with Crippen molar-refractivity contribution in [3.63, 3.8) is 0 Å². The first kappa shape index (κ1) is 15.6. The van der Waals surface area contributed by atoms with Gasteiger partial charge in [-0.05, 0) is 42.9 Å². The molecule has 2 aromatic rings. The molecule has 2 aliphatic carbocycles. The van der Waals surface area contributed by atoms with E-state index in [2.05, 4.69) is 5.32 Å². The maximum Gasteiger partial charge on any atom is 0.336 e. The number of aryl methyl sites for hydroxylation is 1. The average Bonchev–Trinajstić information content (AvgIpc) is 3.15. The quantitative estimate of drug-likeness (QED) is 0.662. The zero-order valence-electron chi connectivity index (χ0n) is 13.6. The minimum absolute atomic E-state index is 0.0354. The molecule has 1 aromatic carbocycles. The third kappa shape index (κ3) is 2.54. The normalized spacial score (nSPS) is 26.9. The molecule has 1 saturated carbocycles. The molecule has 128 valence electrons. The standard InChI is InChI=1S/C19H17NO5/c1-9-6-15(21)25-14-8-12(4-5-13(9)14)20-18(22)16-10-2-3-11(7-10)17(16)19(23)24/h2-6,8,10-11,16-17H,7H2,1H3,(H,20,22)(H,23,24). The highest BCUT2D eigenvalue weighted by molar-refractivity contribution is 5.97. The number of benzene rings is 1. The van der Waals surface area contributed by atoms with Crippen molar-refractivity contribution >= 4 is 28.5 Å². The molecule has 4 atom stereocenters. The predicted octanol–water partition coefficient (Wildman–Crippen LogP) is 2.56. The Hall–Kier alpha value is -2.89. The van der Waals surface area contributed by atoms with Crippen molar-refractivity contribution in [3.8, 4) is 0 Å². The SMILES string of the molecule is Cc1cc(=O)oc2cc(NC(=O)C3C4C=CC(C4)C3C(=O)O)ccc12. The van der Waals surface area contributed by atoms with Gasteiger partial charge in [-0.1, -0.05) is 12.2 Å². The van der Waals surface area contributed by atoms with Gasteiger partial charge in [-0.3, -0.25) is 9.59 Å². The lowest BCUT2D eigenvalue weighted by Gasteiger charge is -2.23. The maximum atomic E-state index is 12.7. The number of carboxylic acids is 1.